The van der Waals surface area contributed by atoms with Crippen molar-refractivity contribution in [1.29, 1.82) is 0 Å². The van der Waals surface area contributed by atoms with Gasteiger partial charge in [0.15, 0.2) is 17.3 Å². The molecular formula is C12H9NO3. The van der Waals surface area contributed by atoms with Crippen molar-refractivity contribution in [3.05, 3.63) is 53.4 Å². The van der Waals surface area contributed by atoms with Crippen LogP contribution in [0.15, 0.2) is 41.1 Å². The van der Waals surface area contributed by atoms with Crippen LogP contribution in [0.3, 0.4) is 0 Å². The van der Waals surface area contributed by atoms with E-state index in [-0.39, 0.29) is 22.8 Å². The largest absolute Gasteiger partial charge is 0.363 e. The molecule has 0 radical (unpaired) electrons. The van der Waals surface area contributed by atoms with Crippen molar-refractivity contribution in [1.82, 2.24) is 5.16 Å². The Hall–Kier alpha value is -2.23. The second kappa shape index (κ2) is 4.10. The zero-order valence-electron chi connectivity index (χ0n) is 8.64. The Morgan fingerprint density at radius 2 is 1.88 bits per heavy atom. The zero-order chi connectivity index (χ0) is 11.5. The first-order chi connectivity index (χ1) is 7.70. The number of Topliss-reactive ketones (excluding diaryl/α,β-unsaturated/α-hetero) is 1. The lowest BCUT2D eigenvalue weighted by atomic mass is 10.0. The van der Waals surface area contributed by atoms with Crippen LogP contribution in [0.2, 0.25) is 0 Å². The Bertz CT molecular complexity index is 528. The summed E-state index contributed by atoms with van der Waals surface area (Å²) in [6.07, 6.45) is 1.20. The Morgan fingerprint density at radius 3 is 2.50 bits per heavy atom. The van der Waals surface area contributed by atoms with Gasteiger partial charge in [-0.2, -0.15) is 0 Å². The zero-order valence-corrected chi connectivity index (χ0v) is 8.64. The van der Waals surface area contributed by atoms with E-state index in [0.29, 0.717) is 5.56 Å². The molecule has 0 spiro atoms. The number of hydrogen-bond acceptors (Lipinski definition) is 4. The standard InChI is InChI=1S/C12H9NO3/c1-8(14)11-10(7-16-13-11)12(15)9-5-3-2-4-6-9/h2-7H,1H3. The molecule has 1 heterocycles. The van der Waals surface area contributed by atoms with Crippen molar-refractivity contribution in [2.75, 3.05) is 0 Å². The molecule has 2 rings (SSSR count). The van der Waals surface area contributed by atoms with Crippen molar-refractivity contribution in [3.63, 3.8) is 0 Å². The van der Waals surface area contributed by atoms with E-state index < -0.39 is 0 Å². The molecule has 0 aliphatic rings. The summed E-state index contributed by atoms with van der Waals surface area (Å²) in [4.78, 5) is 23.2. The first kappa shape index (κ1) is 10.3. The summed E-state index contributed by atoms with van der Waals surface area (Å²) < 4.78 is 4.66. The van der Waals surface area contributed by atoms with Crippen LogP contribution < -0.4 is 0 Å². The fraction of sp³-hybridized carbons (Fsp3) is 0.0833. The molecule has 0 amide bonds. The molecule has 0 fully saturated rings. The van der Waals surface area contributed by atoms with Crippen LogP contribution in [0, 0.1) is 0 Å². The number of hydrogen-bond donors (Lipinski definition) is 0. The second-order valence-corrected chi connectivity index (χ2v) is 3.33. The first-order valence-corrected chi connectivity index (χ1v) is 4.75. The molecule has 4 heteroatoms. The summed E-state index contributed by atoms with van der Waals surface area (Å²) in [6, 6.07) is 8.69. The molecule has 16 heavy (non-hydrogen) atoms. The van der Waals surface area contributed by atoms with Gasteiger partial charge >= 0.3 is 0 Å². The maximum absolute atomic E-state index is 12.0. The Balaban J connectivity index is 2.42. The average molecular weight is 215 g/mol. The van der Waals surface area contributed by atoms with Gasteiger partial charge in [0.05, 0.1) is 5.56 Å². The van der Waals surface area contributed by atoms with E-state index in [9.17, 15) is 9.59 Å². The van der Waals surface area contributed by atoms with Crippen LogP contribution in [-0.4, -0.2) is 16.7 Å². The Morgan fingerprint density at radius 1 is 1.19 bits per heavy atom. The highest BCUT2D eigenvalue weighted by Gasteiger charge is 2.19. The highest BCUT2D eigenvalue weighted by atomic mass is 16.5. The van der Waals surface area contributed by atoms with E-state index in [2.05, 4.69) is 9.68 Å². The third-order valence-corrected chi connectivity index (χ3v) is 2.18. The van der Waals surface area contributed by atoms with E-state index in [4.69, 9.17) is 0 Å². The van der Waals surface area contributed by atoms with Crippen molar-refractivity contribution in [2.45, 2.75) is 6.92 Å². The minimum absolute atomic E-state index is 0.0776. The number of carbonyl (C=O) groups is 2. The predicted octanol–water partition coefficient (Wildman–Crippen LogP) is 2.11. The van der Waals surface area contributed by atoms with Crippen LogP contribution in [0.1, 0.15) is 33.3 Å². The normalized spacial score (nSPS) is 10.1. The van der Waals surface area contributed by atoms with Crippen LogP contribution in [0.25, 0.3) is 0 Å². The van der Waals surface area contributed by atoms with Gasteiger partial charge in [-0.1, -0.05) is 35.5 Å². The quantitative estimate of drug-likeness (QED) is 0.735. The molecular weight excluding hydrogens is 206 g/mol. The van der Waals surface area contributed by atoms with E-state index in [0.717, 1.165) is 0 Å². The van der Waals surface area contributed by atoms with Crippen LogP contribution in [-0.2, 0) is 0 Å². The third kappa shape index (κ3) is 1.77. The lowest BCUT2D eigenvalue weighted by Crippen LogP contribution is -2.06. The number of aromatic nitrogens is 1. The van der Waals surface area contributed by atoms with Gasteiger partial charge in [-0.3, -0.25) is 9.59 Å². The minimum atomic E-state index is -0.284. The molecule has 1 aromatic heterocycles. The highest BCUT2D eigenvalue weighted by molar-refractivity contribution is 6.14. The fourth-order valence-corrected chi connectivity index (χ4v) is 1.40. The van der Waals surface area contributed by atoms with Crippen molar-refractivity contribution < 1.29 is 14.1 Å². The Labute approximate surface area is 91.9 Å². The molecule has 80 valence electrons. The van der Waals surface area contributed by atoms with Gasteiger partial charge in [-0.15, -0.1) is 0 Å². The summed E-state index contributed by atoms with van der Waals surface area (Å²) in [7, 11) is 0. The summed E-state index contributed by atoms with van der Waals surface area (Å²) in [6.45, 7) is 1.35. The lowest BCUT2D eigenvalue weighted by Gasteiger charge is -1.97. The number of benzene rings is 1. The maximum atomic E-state index is 12.0. The highest BCUT2D eigenvalue weighted by Crippen LogP contribution is 2.13. The molecule has 0 aliphatic heterocycles. The van der Waals surface area contributed by atoms with Gasteiger partial charge in [-0.25, -0.2) is 0 Å². The summed E-state index contributed by atoms with van der Waals surface area (Å²) >= 11 is 0. The molecule has 1 aromatic carbocycles. The minimum Gasteiger partial charge on any atom is -0.363 e. The molecule has 2 aromatic rings. The molecule has 0 atom stereocenters. The summed E-state index contributed by atoms with van der Waals surface area (Å²) in [5.41, 5.74) is 0.792. The van der Waals surface area contributed by atoms with Gasteiger partial charge in [0, 0.05) is 12.5 Å². The number of carbonyl (C=O) groups excluding carboxylic acids is 2. The SMILES string of the molecule is CC(=O)c1nocc1C(=O)c1ccccc1. The van der Waals surface area contributed by atoms with E-state index >= 15 is 0 Å². The van der Waals surface area contributed by atoms with Gasteiger partial charge < -0.3 is 4.52 Å². The van der Waals surface area contributed by atoms with E-state index in [1.165, 1.54) is 13.2 Å². The average Bonchev–Trinajstić information content (AvgIpc) is 2.78. The van der Waals surface area contributed by atoms with Gasteiger partial charge in [0.1, 0.15) is 6.26 Å². The molecule has 0 N–H and O–H groups in total. The van der Waals surface area contributed by atoms with Crippen molar-refractivity contribution in [2.24, 2.45) is 0 Å². The predicted molar refractivity (Wildman–Crippen MR) is 56.4 cm³/mol. The number of ketones is 2. The monoisotopic (exact) mass is 215 g/mol. The van der Waals surface area contributed by atoms with E-state index in [1.54, 1.807) is 24.3 Å². The van der Waals surface area contributed by atoms with Gasteiger partial charge in [-0.05, 0) is 0 Å². The lowest BCUT2D eigenvalue weighted by molar-refractivity contribution is 0.0986. The van der Waals surface area contributed by atoms with Gasteiger partial charge in [0.25, 0.3) is 0 Å². The molecule has 0 saturated heterocycles. The third-order valence-electron chi connectivity index (χ3n) is 2.18. The molecule has 4 nitrogen and oxygen atoms in total. The first-order valence-electron chi connectivity index (χ1n) is 4.75. The van der Waals surface area contributed by atoms with Crippen LogP contribution in [0.4, 0.5) is 0 Å². The number of rotatable bonds is 3. The van der Waals surface area contributed by atoms with E-state index in [1.807, 2.05) is 6.07 Å². The van der Waals surface area contributed by atoms with Crippen molar-refractivity contribution >= 4 is 11.6 Å². The van der Waals surface area contributed by atoms with Crippen molar-refractivity contribution in [3.8, 4) is 0 Å². The van der Waals surface area contributed by atoms with Gasteiger partial charge in [0.2, 0.25) is 0 Å². The Kier molecular flexibility index (Phi) is 2.64. The topological polar surface area (TPSA) is 60.2 Å². The number of nitrogens with zero attached hydrogens (tertiary/aromatic N) is 1. The molecule has 0 aliphatic carbocycles. The van der Waals surface area contributed by atoms with Crippen LogP contribution >= 0.6 is 0 Å². The smallest absolute Gasteiger partial charge is 0.198 e. The molecule has 0 bridgehead atoms. The maximum Gasteiger partial charge on any atom is 0.198 e. The molecule has 0 saturated carbocycles. The second-order valence-electron chi connectivity index (χ2n) is 3.33. The van der Waals surface area contributed by atoms with Crippen LogP contribution in [0.5, 0.6) is 0 Å². The fourth-order valence-electron chi connectivity index (χ4n) is 1.40. The summed E-state index contributed by atoms with van der Waals surface area (Å²) in [5.74, 6) is -0.542. The molecule has 0 unspecified atom stereocenters. The summed E-state index contributed by atoms with van der Waals surface area (Å²) in [5, 5.41) is 3.52.